The first-order valence-corrected chi connectivity index (χ1v) is 9.53. The minimum Gasteiger partial charge on any atom is -0.497 e. The summed E-state index contributed by atoms with van der Waals surface area (Å²) in [5, 5.41) is 8.05. The number of carbonyl (C=O) groups excluding carboxylic acids is 1. The van der Waals surface area contributed by atoms with Crippen molar-refractivity contribution in [1.29, 1.82) is 0 Å². The van der Waals surface area contributed by atoms with Crippen LogP contribution in [-0.2, 0) is 4.79 Å². The summed E-state index contributed by atoms with van der Waals surface area (Å²) in [5.41, 5.74) is 1.42. The highest BCUT2D eigenvalue weighted by atomic mass is 32.1. The van der Waals surface area contributed by atoms with Crippen molar-refractivity contribution in [1.82, 2.24) is 5.32 Å². The molecule has 0 aliphatic carbocycles. The van der Waals surface area contributed by atoms with Gasteiger partial charge in [0.05, 0.1) is 32.5 Å². The van der Waals surface area contributed by atoms with Gasteiger partial charge in [-0.1, -0.05) is 18.2 Å². The second-order valence-electron chi connectivity index (χ2n) is 6.00. The van der Waals surface area contributed by atoms with E-state index in [1.54, 1.807) is 48.8 Å². The minimum atomic E-state index is -0.295. The number of anilines is 1. The van der Waals surface area contributed by atoms with Crippen LogP contribution in [-0.4, -0.2) is 26.7 Å². The first kappa shape index (κ1) is 19.9. The molecule has 1 atom stereocenters. The van der Waals surface area contributed by atoms with Gasteiger partial charge >= 0.3 is 0 Å². The van der Waals surface area contributed by atoms with Gasteiger partial charge in [-0.3, -0.25) is 10.1 Å². The third-order valence-corrected chi connectivity index (χ3v) is 5.12. The molecule has 3 aromatic rings. The van der Waals surface area contributed by atoms with Crippen LogP contribution in [0.15, 0.2) is 60.0 Å². The predicted octanol–water partition coefficient (Wildman–Crippen LogP) is 4.22. The van der Waals surface area contributed by atoms with E-state index in [1.165, 1.54) is 19.2 Å². The molecule has 0 aliphatic rings. The molecule has 28 heavy (non-hydrogen) atoms. The average Bonchev–Trinajstić information content (AvgIpc) is 3.24. The molecule has 2 aromatic carbocycles. The van der Waals surface area contributed by atoms with Crippen LogP contribution in [0.25, 0.3) is 0 Å². The number of nitrogens with one attached hydrogen (secondary N) is 2. The molecule has 0 spiro atoms. The lowest BCUT2D eigenvalue weighted by Crippen LogP contribution is -2.31. The van der Waals surface area contributed by atoms with E-state index >= 15 is 0 Å². The second-order valence-corrected chi connectivity index (χ2v) is 6.97. The van der Waals surface area contributed by atoms with Gasteiger partial charge in [0.15, 0.2) is 0 Å². The van der Waals surface area contributed by atoms with Gasteiger partial charge < -0.3 is 14.8 Å². The van der Waals surface area contributed by atoms with E-state index in [1.807, 2.05) is 17.5 Å². The molecule has 0 unspecified atom stereocenters. The van der Waals surface area contributed by atoms with Crippen molar-refractivity contribution in [2.75, 3.05) is 26.1 Å². The molecule has 146 valence electrons. The SMILES string of the molecule is COc1ccc(OC)c(NC(=O)CN[C@@H](c2ccc(F)cc2)c2cccs2)c1. The Kier molecular flexibility index (Phi) is 6.62. The smallest absolute Gasteiger partial charge is 0.238 e. The zero-order valence-electron chi connectivity index (χ0n) is 15.6. The predicted molar refractivity (Wildman–Crippen MR) is 109 cm³/mol. The Bertz CT molecular complexity index is 914. The standard InChI is InChI=1S/C21H21FN2O3S/c1-26-16-9-10-18(27-2)17(12-16)24-20(25)13-23-21(19-4-3-11-28-19)14-5-7-15(22)8-6-14/h3-12,21,23H,13H2,1-2H3,(H,24,25)/t21-/m0/s1. The van der Waals surface area contributed by atoms with E-state index in [9.17, 15) is 9.18 Å². The van der Waals surface area contributed by atoms with Crippen molar-refractivity contribution in [2.45, 2.75) is 6.04 Å². The van der Waals surface area contributed by atoms with E-state index < -0.39 is 0 Å². The van der Waals surface area contributed by atoms with Gasteiger partial charge in [-0.2, -0.15) is 0 Å². The molecule has 0 radical (unpaired) electrons. The first-order chi connectivity index (χ1) is 13.6. The monoisotopic (exact) mass is 400 g/mol. The van der Waals surface area contributed by atoms with Gasteiger partial charge in [0.25, 0.3) is 0 Å². The van der Waals surface area contributed by atoms with Crippen molar-refractivity contribution in [3.8, 4) is 11.5 Å². The Hall–Kier alpha value is -2.90. The number of amides is 1. The molecule has 0 saturated carbocycles. The number of carbonyl (C=O) groups is 1. The third-order valence-electron chi connectivity index (χ3n) is 4.18. The molecule has 1 heterocycles. The van der Waals surface area contributed by atoms with Crippen molar-refractivity contribution in [2.24, 2.45) is 0 Å². The Labute approximate surface area is 167 Å². The lowest BCUT2D eigenvalue weighted by atomic mass is 10.1. The molecule has 0 aliphatic heterocycles. The molecule has 1 aromatic heterocycles. The van der Waals surface area contributed by atoms with Crippen LogP contribution in [0.5, 0.6) is 11.5 Å². The highest BCUT2D eigenvalue weighted by Crippen LogP contribution is 2.29. The fourth-order valence-electron chi connectivity index (χ4n) is 2.79. The highest BCUT2D eigenvalue weighted by Gasteiger charge is 2.17. The molecule has 0 bridgehead atoms. The maximum absolute atomic E-state index is 13.3. The van der Waals surface area contributed by atoms with E-state index in [0.29, 0.717) is 17.2 Å². The van der Waals surface area contributed by atoms with Crippen LogP contribution in [0, 0.1) is 5.82 Å². The van der Waals surface area contributed by atoms with Gasteiger partial charge in [0, 0.05) is 10.9 Å². The number of halogens is 1. The number of rotatable bonds is 8. The van der Waals surface area contributed by atoms with Crippen LogP contribution < -0.4 is 20.1 Å². The van der Waals surface area contributed by atoms with Gasteiger partial charge in [0.1, 0.15) is 17.3 Å². The summed E-state index contributed by atoms with van der Waals surface area (Å²) in [7, 11) is 3.10. The minimum absolute atomic E-state index is 0.0697. The quantitative estimate of drug-likeness (QED) is 0.594. The van der Waals surface area contributed by atoms with Gasteiger partial charge in [0.2, 0.25) is 5.91 Å². The highest BCUT2D eigenvalue weighted by molar-refractivity contribution is 7.10. The van der Waals surface area contributed by atoms with Crippen molar-refractivity contribution in [3.05, 3.63) is 76.2 Å². The molecule has 0 saturated heterocycles. The largest absolute Gasteiger partial charge is 0.497 e. The first-order valence-electron chi connectivity index (χ1n) is 8.65. The zero-order valence-corrected chi connectivity index (χ0v) is 16.4. The number of ether oxygens (including phenoxy) is 2. The Morgan fingerprint density at radius 1 is 1.11 bits per heavy atom. The number of methoxy groups -OCH3 is 2. The molecule has 2 N–H and O–H groups in total. The van der Waals surface area contributed by atoms with Crippen LogP contribution in [0.3, 0.4) is 0 Å². The summed E-state index contributed by atoms with van der Waals surface area (Å²) in [6, 6.07) is 15.2. The summed E-state index contributed by atoms with van der Waals surface area (Å²) in [5.74, 6) is 0.640. The van der Waals surface area contributed by atoms with Crippen molar-refractivity contribution >= 4 is 22.9 Å². The molecule has 3 rings (SSSR count). The third kappa shape index (κ3) is 4.88. The molecule has 7 heteroatoms. The topological polar surface area (TPSA) is 59.6 Å². The number of hydrogen-bond donors (Lipinski definition) is 2. The maximum Gasteiger partial charge on any atom is 0.238 e. The number of benzene rings is 2. The van der Waals surface area contributed by atoms with Crippen LogP contribution >= 0.6 is 11.3 Å². The summed E-state index contributed by atoms with van der Waals surface area (Å²) < 4.78 is 23.8. The zero-order chi connectivity index (χ0) is 19.9. The van der Waals surface area contributed by atoms with E-state index in [-0.39, 0.29) is 24.3 Å². The van der Waals surface area contributed by atoms with Gasteiger partial charge in [-0.15, -0.1) is 11.3 Å². The van der Waals surface area contributed by atoms with Gasteiger partial charge in [-0.05, 0) is 41.3 Å². The molecule has 5 nitrogen and oxygen atoms in total. The molecule has 1 amide bonds. The summed E-state index contributed by atoms with van der Waals surface area (Å²) in [6.45, 7) is 0.0697. The number of thiophene rings is 1. The molecular formula is C21H21FN2O3S. The van der Waals surface area contributed by atoms with Crippen LogP contribution in [0.2, 0.25) is 0 Å². The second kappa shape index (κ2) is 9.34. The molecular weight excluding hydrogens is 379 g/mol. The molecule has 0 fully saturated rings. The Balaban J connectivity index is 1.71. The number of hydrogen-bond acceptors (Lipinski definition) is 5. The van der Waals surface area contributed by atoms with Crippen molar-refractivity contribution in [3.63, 3.8) is 0 Å². The van der Waals surface area contributed by atoms with Gasteiger partial charge in [-0.25, -0.2) is 4.39 Å². The van der Waals surface area contributed by atoms with E-state index in [0.717, 1.165) is 10.4 Å². The summed E-state index contributed by atoms with van der Waals surface area (Å²) >= 11 is 1.57. The fourth-order valence-corrected chi connectivity index (χ4v) is 3.62. The van der Waals surface area contributed by atoms with E-state index in [2.05, 4.69) is 10.6 Å². The average molecular weight is 400 g/mol. The van der Waals surface area contributed by atoms with Crippen LogP contribution in [0.1, 0.15) is 16.5 Å². The Morgan fingerprint density at radius 2 is 1.89 bits per heavy atom. The van der Waals surface area contributed by atoms with Crippen molar-refractivity contribution < 1.29 is 18.7 Å². The summed E-state index contributed by atoms with van der Waals surface area (Å²) in [4.78, 5) is 13.6. The maximum atomic E-state index is 13.3. The lowest BCUT2D eigenvalue weighted by molar-refractivity contribution is -0.115. The normalized spacial score (nSPS) is 11.7. The Morgan fingerprint density at radius 3 is 2.54 bits per heavy atom. The fraction of sp³-hybridized carbons (Fsp3) is 0.190. The van der Waals surface area contributed by atoms with Crippen LogP contribution in [0.4, 0.5) is 10.1 Å². The lowest BCUT2D eigenvalue weighted by Gasteiger charge is -2.18. The summed E-state index contributed by atoms with van der Waals surface area (Å²) in [6.07, 6.45) is 0. The van der Waals surface area contributed by atoms with E-state index in [4.69, 9.17) is 9.47 Å².